The third kappa shape index (κ3) is 7.06. The van der Waals surface area contributed by atoms with Gasteiger partial charge in [-0.05, 0) is 59.7 Å². The number of ketones is 1. The monoisotopic (exact) mass is 473 g/mol. The third-order valence-corrected chi connectivity index (χ3v) is 4.67. The Kier molecular flexibility index (Phi) is 8.39. The first kappa shape index (κ1) is 24.8. The highest BCUT2D eigenvalue weighted by Gasteiger charge is 2.12. The summed E-state index contributed by atoms with van der Waals surface area (Å²) < 4.78 is 15.7. The van der Waals surface area contributed by atoms with E-state index in [0.29, 0.717) is 28.2 Å². The fraction of sp³-hybridized carbons (Fsp3) is 0.0741. The zero-order valence-electron chi connectivity index (χ0n) is 19.0. The Hall–Kier alpha value is -4.85. The Balaban J connectivity index is 1.65. The fourth-order valence-corrected chi connectivity index (χ4v) is 2.91. The van der Waals surface area contributed by atoms with E-state index in [2.05, 4.69) is 4.98 Å². The summed E-state index contributed by atoms with van der Waals surface area (Å²) in [6, 6.07) is 12.7. The second kappa shape index (κ2) is 11.9. The summed E-state index contributed by atoms with van der Waals surface area (Å²) >= 11 is 0. The van der Waals surface area contributed by atoms with E-state index in [-0.39, 0.29) is 17.3 Å². The molecule has 0 aliphatic carbocycles. The zero-order chi connectivity index (χ0) is 25.2. The van der Waals surface area contributed by atoms with Gasteiger partial charge in [0.1, 0.15) is 5.76 Å². The van der Waals surface area contributed by atoms with Crippen molar-refractivity contribution < 1.29 is 34.0 Å². The smallest absolute Gasteiger partial charge is 0.345 e. The van der Waals surface area contributed by atoms with Crippen molar-refractivity contribution in [3.8, 4) is 23.0 Å². The topological polar surface area (TPSA) is 115 Å². The summed E-state index contributed by atoms with van der Waals surface area (Å²) in [4.78, 5) is 28.3. The van der Waals surface area contributed by atoms with E-state index in [4.69, 9.17) is 14.2 Å². The highest BCUT2D eigenvalue weighted by Crippen LogP contribution is 2.29. The van der Waals surface area contributed by atoms with Gasteiger partial charge < -0.3 is 24.4 Å². The minimum Gasteiger partial charge on any atom is -0.508 e. The van der Waals surface area contributed by atoms with E-state index < -0.39 is 11.8 Å². The number of ether oxygens (including phenoxy) is 3. The molecule has 0 radical (unpaired) electrons. The van der Waals surface area contributed by atoms with E-state index >= 15 is 0 Å². The van der Waals surface area contributed by atoms with Crippen molar-refractivity contribution in [3.05, 3.63) is 102 Å². The van der Waals surface area contributed by atoms with Crippen LogP contribution in [0.15, 0.2) is 84.9 Å². The van der Waals surface area contributed by atoms with Crippen molar-refractivity contribution in [2.75, 3.05) is 14.2 Å². The number of benzene rings is 2. The first-order valence-corrected chi connectivity index (χ1v) is 10.4. The minimum atomic E-state index is -0.575. The molecule has 0 atom stereocenters. The van der Waals surface area contributed by atoms with Crippen LogP contribution in [-0.4, -0.2) is 41.2 Å². The molecule has 0 aliphatic heterocycles. The van der Waals surface area contributed by atoms with E-state index in [1.807, 2.05) is 0 Å². The number of aromatic nitrogens is 1. The van der Waals surface area contributed by atoms with Crippen LogP contribution in [0.25, 0.3) is 12.2 Å². The molecule has 0 bridgehead atoms. The molecule has 0 unspecified atom stereocenters. The standard InChI is InChI=1S/C27H23NO7/c1-33-25-14-18(7-11-23(25)31)5-9-21(29)16-22(30)10-6-19-8-12-24(26(15-19)34-2)35-27(32)20-4-3-13-28-17-20/h3-17,29,31H,1-2H3/b9-5+,10-6+,21-16-. The second-order valence-electron chi connectivity index (χ2n) is 7.11. The van der Waals surface area contributed by atoms with E-state index in [9.17, 15) is 19.8 Å². The van der Waals surface area contributed by atoms with Crippen molar-refractivity contribution in [1.29, 1.82) is 0 Å². The van der Waals surface area contributed by atoms with Gasteiger partial charge in [-0.15, -0.1) is 0 Å². The number of aliphatic hydroxyl groups excluding tert-OH is 1. The molecule has 2 N–H and O–H groups in total. The van der Waals surface area contributed by atoms with Gasteiger partial charge in [0.25, 0.3) is 0 Å². The van der Waals surface area contributed by atoms with Crippen LogP contribution in [0, 0.1) is 0 Å². The van der Waals surface area contributed by atoms with E-state index in [1.165, 1.54) is 44.7 Å². The molecule has 8 nitrogen and oxygen atoms in total. The Labute approximate surface area is 202 Å². The molecule has 0 saturated carbocycles. The van der Waals surface area contributed by atoms with Crippen LogP contribution in [0.3, 0.4) is 0 Å². The summed E-state index contributed by atoms with van der Waals surface area (Å²) in [5.41, 5.74) is 1.59. The molecule has 3 aromatic rings. The number of carbonyl (C=O) groups excluding carboxylic acids is 2. The highest BCUT2D eigenvalue weighted by atomic mass is 16.6. The van der Waals surface area contributed by atoms with Crippen LogP contribution in [0.4, 0.5) is 0 Å². The van der Waals surface area contributed by atoms with Gasteiger partial charge in [-0.2, -0.15) is 0 Å². The largest absolute Gasteiger partial charge is 0.508 e. The predicted molar refractivity (Wildman–Crippen MR) is 131 cm³/mol. The van der Waals surface area contributed by atoms with Gasteiger partial charge in [0.05, 0.1) is 19.8 Å². The second-order valence-corrected chi connectivity index (χ2v) is 7.11. The molecule has 1 aromatic heterocycles. The van der Waals surface area contributed by atoms with Crippen LogP contribution in [0.1, 0.15) is 21.5 Å². The summed E-state index contributed by atoms with van der Waals surface area (Å²) in [5.74, 6) is -0.442. The number of esters is 1. The number of phenolic OH excluding ortho intramolecular Hbond substituents is 1. The number of carbonyl (C=O) groups is 2. The number of allylic oxidation sites excluding steroid dienone is 3. The van der Waals surface area contributed by atoms with Gasteiger partial charge in [-0.3, -0.25) is 9.78 Å². The number of hydrogen-bond donors (Lipinski definition) is 2. The number of nitrogens with zero attached hydrogens (tertiary/aromatic N) is 1. The Bertz CT molecular complexity index is 1290. The van der Waals surface area contributed by atoms with Crippen molar-refractivity contribution in [3.63, 3.8) is 0 Å². The molecule has 178 valence electrons. The van der Waals surface area contributed by atoms with Crippen molar-refractivity contribution >= 4 is 23.9 Å². The maximum atomic E-state index is 12.2. The van der Waals surface area contributed by atoms with Crippen LogP contribution in [0.2, 0.25) is 0 Å². The quantitative estimate of drug-likeness (QED) is 0.150. The summed E-state index contributed by atoms with van der Waals surface area (Å²) in [6.07, 6.45) is 9.76. The average Bonchev–Trinajstić information content (AvgIpc) is 2.88. The number of methoxy groups -OCH3 is 2. The summed E-state index contributed by atoms with van der Waals surface area (Å²) in [5, 5.41) is 19.6. The Morgan fingerprint density at radius 2 is 1.57 bits per heavy atom. The third-order valence-electron chi connectivity index (χ3n) is 4.67. The fourth-order valence-electron chi connectivity index (χ4n) is 2.91. The van der Waals surface area contributed by atoms with Gasteiger partial charge >= 0.3 is 5.97 Å². The predicted octanol–water partition coefficient (Wildman–Crippen LogP) is 4.76. The molecule has 35 heavy (non-hydrogen) atoms. The number of phenols is 1. The Morgan fingerprint density at radius 1 is 0.886 bits per heavy atom. The summed E-state index contributed by atoms with van der Waals surface area (Å²) in [6.45, 7) is 0. The van der Waals surface area contributed by atoms with Crippen LogP contribution in [0.5, 0.6) is 23.0 Å². The molecule has 8 heteroatoms. The van der Waals surface area contributed by atoms with Crippen LogP contribution >= 0.6 is 0 Å². The van der Waals surface area contributed by atoms with Gasteiger partial charge in [0.2, 0.25) is 0 Å². The number of aromatic hydroxyl groups is 1. The lowest BCUT2D eigenvalue weighted by molar-refractivity contribution is -0.110. The van der Waals surface area contributed by atoms with Gasteiger partial charge in [0, 0.05) is 18.5 Å². The number of aliphatic hydroxyl groups is 1. The van der Waals surface area contributed by atoms with Gasteiger partial charge in [-0.25, -0.2) is 4.79 Å². The summed E-state index contributed by atoms with van der Waals surface area (Å²) in [7, 11) is 2.87. The van der Waals surface area contributed by atoms with Crippen LogP contribution < -0.4 is 14.2 Å². The van der Waals surface area contributed by atoms with Crippen molar-refractivity contribution in [2.24, 2.45) is 0 Å². The first-order valence-electron chi connectivity index (χ1n) is 10.4. The highest BCUT2D eigenvalue weighted by molar-refractivity contribution is 6.02. The molecule has 0 amide bonds. The molecule has 2 aromatic carbocycles. The first-order chi connectivity index (χ1) is 16.9. The minimum absolute atomic E-state index is 0.000971. The molecular formula is C27H23NO7. The molecule has 0 fully saturated rings. The molecule has 1 heterocycles. The SMILES string of the molecule is COc1cc(/C=C/C(O)=C/C(=O)/C=C/c2ccc(OC(=O)c3cccnc3)c(OC)c2)ccc1O. The van der Waals surface area contributed by atoms with E-state index in [1.54, 1.807) is 54.7 Å². The lowest BCUT2D eigenvalue weighted by atomic mass is 10.1. The average molecular weight is 473 g/mol. The maximum Gasteiger partial charge on any atom is 0.345 e. The number of hydrogen-bond acceptors (Lipinski definition) is 8. The normalized spacial score (nSPS) is 11.5. The van der Waals surface area contributed by atoms with Crippen molar-refractivity contribution in [1.82, 2.24) is 4.98 Å². The maximum absolute atomic E-state index is 12.2. The lowest BCUT2D eigenvalue weighted by Gasteiger charge is -2.09. The van der Waals surface area contributed by atoms with Crippen LogP contribution in [-0.2, 0) is 4.79 Å². The zero-order valence-corrected chi connectivity index (χ0v) is 19.0. The molecule has 0 spiro atoms. The van der Waals surface area contributed by atoms with Gasteiger partial charge in [-0.1, -0.05) is 24.3 Å². The lowest BCUT2D eigenvalue weighted by Crippen LogP contribution is -2.09. The van der Waals surface area contributed by atoms with Gasteiger partial charge in [0.15, 0.2) is 28.8 Å². The number of pyridine rings is 1. The molecule has 3 rings (SSSR count). The Morgan fingerprint density at radius 3 is 2.26 bits per heavy atom. The molecule has 0 saturated heterocycles. The van der Waals surface area contributed by atoms with E-state index in [0.717, 1.165) is 6.08 Å². The number of rotatable bonds is 9. The van der Waals surface area contributed by atoms with Crippen molar-refractivity contribution in [2.45, 2.75) is 0 Å². The molecular weight excluding hydrogens is 450 g/mol. The molecule has 0 aliphatic rings.